The van der Waals surface area contributed by atoms with Gasteiger partial charge in [-0.3, -0.25) is 4.79 Å². The molecule has 0 atom stereocenters. The zero-order valence-electron chi connectivity index (χ0n) is 6.23. The van der Waals surface area contributed by atoms with Crippen LogP contribution in [0.3, 0.4) is 0 Å². The fraction of sp³-hybridized carbons (Fsp3) is 0. The molecule has 0 unspecified atom stereocenters. The Bertz CT molecular complexity index is 438. The Morgan fingerprint density at radius 1 is 1.38 bits per heavy atom. The van der Waals surface area contributed by atoms with Crippen LogP contribution in [0.2, 0.25) is 5.02 Å². The van der Waals surface area contributed by atoms with Gasteiger partial charge >= 0.3 is 0 Å². The van der Waals surface area contributed by atoms with E-state index in [0.717, 1.165) is 12.1 Å². The number of hydrogen-bond donors (Lipinski definition) is 0. The summed E-state index contributed by atoms with van der Waals surface area (Å²) in [5, 5.41) is 0.113. The van der Waals surface area contributed by atoms with Gasteiger partial charge in [0.1, 0.15) is 10.1 Å². The van der Waals surface area contributed by atoms with Crippen LogP contribution in [-0.4, -0.2) is 19.3 Å². The Morgan fingerprint density at radius 3 is 2.46 bits per heavy atom. The molecule has 6 heteroatoms. The molecule has 1 rings (SSSR count). The van der Waals surface area contributed by atoms with Crippen LogP contribution in [0, 0.1) is 0 Å². The fourth-order valence-electron chi connectivity index (χ4n) is 0.768. The maximum Gasteiger partial charge on any atom is 0.151 e. The number of rotatable bonds is 2. The van der Waals surface area contributed by atoms with E-state index in [1.807, 2.05) is 0 Å². The number of hydrogen-bond acceptors (Lipinski definition) is 4. The van der Waals surface area contributed by atoms with Crippen molar-refractivity contribution in [1.29, 1.82) is 0 Å². The first-order chi connectivity index (χ1) is 5.95. The average Bonchev–Trinajstić information content (AvgIpc) is 2.03. The minimum atomic E-state index is -4.52. The lowest BCUT2D eigenvalue weighted by molar-refractivity contribution is 0.112. The summed E-state index contributed by atoms with van der Waals surface area (Å²) in [5.74, 6) is 0. The van der Waals surface area contributed by atoms with Crippen LogP contribution in [0.15, 0.2) is 23.1 Å². The molecule has 0 bridgehead atoms. The zero-order valence-corrected chi connectivity index (χ0v) is 7.80. The van der Waals surface area contributed by atoms with E-state index >= 15 is 0 Å². The van der Waals surface area contributed by atoms with Crippen molar-refractivity contribution in [2.45, 2.75) is 4.90 Å². The van der Waals surface area contributed by atoms with Crippen LogP contribution in [0.5, 0.6) is 0 Å². The smallest absolute Gasteiger partial charge is 0.151 e. The summed E-state index contributed by atoms with van der Waals surface area (Å²) in [6.45, 7) is 0. The van der Waals surface area contributed by atoms with Crippen LogP contribution >= 0.6 is 11.6 Å². The van der Waals surface area contributed by atoms with E-state index in [0.29, 0.717) is 6.29 Å². The second kappa shape index (κ2) is 3.45. The lowest BCUT2D eigenvalue weighted by atomic mass is 10.2. The van der Waals surface area contributed by atoms with Gasteiger partial charge in [0.15, 0.2) is 6.29 Å². The summed E-state index contributed by atoms with van der Waals surface area (Å²) in [6.07, 6.45) is 0.386. The Hall–Kier alpha value is -0.910. The Morgan fingerprint density at radius 2 is 2.00 bits per heavy atom. The molecule has 1 aromatic rings. The van der Waals surface area contributed by atoms with Gasteiger partial charge in [-0.25, -0.2) is 8.42 Å². The summed E-state index contributed by atoms with van der Waals surface area (Å²) in [5.41, 5.74) is -0.0152. The third kappa shape index (κ3) is 2.27. The van der Waals surface area contributed by atoms with Crippen molar-refractivity contribution in [1.82, 2.24) is 0 Å². The number of carbonyl (C=O) groups excluding carboxylic acids is 1. The van der Waals surface area contributed by atoms with Crippen LogP contribution in [-0.2, 0) is 10.1 Å². The molecule has 1 aromatic carbocycles. The van der Waals surface area contributed by atoms with Gasteiger partial charge in [0.2, 0.25) is 0 Å². The first-order valence-corrected chi connectivity index (χ1v) is 4.94. The van der Waals surface area contributed by atoms with Crippen LogP contribution in [0.25, 0.3) is 0 Å². The minimum Gasteiger partial charge on any atom is -0.744 e. The lowest BCUT2D eigenvalue weighted by Gasteiger charge is -2.07. The van der Waals surface area contributed by atoms with Gasteiger partial charge in [-0.1, -0.05) is 11.6 Å². The normalized spacial score (nSPS) is 11.2. The summed E-state index contributed by atoms with van der Waals surface area (Å²) >= 11 is 5.52. The van der Waals surface area contributed by atoms with Crippen molar-refractivity contribution in [3.63, 3.8) is 0 Å². The third-order valence-electron chi connectivity index (χ3n) is 1.38. The number of benzene rings is 1. The second-order valence-corrected chi connectivity index (χ2v) is 4.04. The Labute approximate surface area is 79.9 Å². The van der Waals surface area contributed by atoms with Gasteiger partial charge in [0.05, 0.1) is 9.92 Å². The fourth-order valence-corrected chi connectivity index (χ4v) is 1.44. The highest BCUT2D eigenvalue weighted by Gasteiger charge is 2.05. The molecule has 0 spiro atoms. The molecule has 0 fully saturated rings. The summed E-state index contributed by atoms with van der Waals surface area (Å²) < 4.78 is 31.5. The van der Waals surface area contributed by atoms with E-state index in [2.05, 4.69) is 0 Å². The van der Waals surface area contributed by atoms with Gasteiger partial charge in [-0.05, 0) is 18.2 Å². The van der Waals surface area contributed by atoms with Crippen molar-refractivity contribution in [2.24, 2.45) is 0 Å². The predicted molar refractivity (Wildman–Crippen MR) is 44.8 cm³/mol. The largest absolute Gasteiger partial charge is 0.744 e. The molecule has 0 radical (unpaired) electrons. The quantitative estimate of drug-likeness (QED) is 0.551. The predicted octanol–water partition coefficient (Wildman–Crippen LogP) is 1.06. The van der Waals surface area contributed by atoms with E-state index in [1.54, 1.807) is 0 Å². The van der Waals surface area contributed by atoms with Gasteiger partial charge in [0.25, 0.3) is 0 Å². The monoisotopic (exact) mass is 219 g/mol. The molecule has 0 aromatic heterocycles. The van der Waals surface area contributed by atoms with Gasteiger partial charge < -0.3 is 4.55 Å². The van der Waals surface area contributed by atoms with Crippen LogP contribution in [0.4, 0.5) is 0 Å². The summed E-state index contributed by atoms with van der Waals surface area (Å²) in [6, 6.07) is 3.19. The third-order valence-corrected chi connectivity index (χ3v) is 2.56. The number of halogens is 1. The molecule has 0 saturated heterocycles. The molecular weight excluding hydrogens is 216 g/mol. The van der Waals surface area contributed by atoms with E-state index in [4.69, 9.17) is 11.6 Å². The summed E-state index contributed by atoms with van der Waals surface area (Å²) in [4.78, 5) is 9.87. The van der Waals surface area contributed by atoms with Gasteiger partial charge in [-0.15, -0.1) is 0 Å². The second-order valence-electron chi connectivity index (χ2n) is 2.26. The molecule has 0 aliphatic heterocycles. The van der Waals surface area contributed by atoms with E-state index in [9.17, 15) is 17.8 Å². The topological polar surface area (TPSA) is 74.3 Å². The maximum absolute atomic E-state index is 10.5. The van der Waals surface area contributed by atoms with Gasteiger partial charge in [0, 0.05) is 5.56 Å². The lowest BCUT2D eigenvalue weighted by Crippen LogP contribution is -1.99. The van der Waals surface area contributed by atoms with Crippen LogP contribution < -0.4 is 0 Å². The molecule has 4 nitrogen and oxygen atoms in total. The SMILES string of the molecule is O=Cc1cc(S(=O)(=O)[O-])ccc1Cl. The Balaban J connectivity index is 3.38. The van der Waals surface area contributed by atoms with E-state index in [1.165, 1.54) is 6.07 Å². The first kappa shape index (κ1) is 10.2. The molecule has 0 saturated carbocycles. The highest BCUT2D eigenvalue weighted by atomic mass is 35.5. The Kier molecular flexibility index (Phi) is 2.70. The zero-order chi connectivity index (χ0) is 10.1. The highest BCUT2D eigenvalue weighted by molar-refractivity contribution is 7.85. The molecular formula is C7H4ClO4S-. The first-order valence-electron chi connectivity index (χ1n) is 3.16. The molecule has 0 aliphatic carbocycles. The molecule has 0 heterocycles. The van der Waals surface area contributed by atoms with Crippen molar-refractivity contribution < 1.29 is 17.8 Å². The van der Waals surface area contributed by atoms with Crippen molar-refractivity contribution >= 4 is 28.0 Å². The van der Waals surface area contributed by atoms with Crippen molar-refractivity contribution in [3.8, 4) is 0 Å². The van der Waals surface area contributed by atoms with E-state index in [-0.39, 0.29) is 10.6 Å². The summed E-state index contributed by atoms with van der Waals surface area (Å²) in [7, 11) is -4.52. The molecule has 0 amide bonds. The van der Waals surface area contributed by atoms with Crippen molar-refractivity contribution in [2.75, 3.05) is 0 Å². The number of aldehydes is 1. The number of carbonyl (C=O) groups is 1. The van der Waals surface area contributed by atoms with Crippen molar-refractivity contribution in [3.05, 3.63) is 28.8 Å². The molecule has 0 N–H and O–H groups in total. The average molecular weight is 220 g/mol. The maximum atomic E-state index is 10.5. The minimum absolute atomic E-state index is 0.0152. The van der Waals surface area contributed by atoms with E-state index < -0.39 is 15.0 Å². The molecule has 0 aliphatic rings. The molecule has 13 heavy (non-hydrogen) atoms. The highest BCUT2D eigenvalue weighted by Crippen LogP contribution is 2.18. The van der Waals surface area contributed by atoms with Crippen LogP contribution in [0.1, 0.15) is 10.4 Å². The standard InChI is InChI=1S/C7H5ClO4S/c8-7-2-1-6(13(10,11)12)3-5(7)4-9/h1-4H,(H,10,11,12)/p-1. The molecule has 70 valence electrons. The van der Waals surface area contributed by atoms with Gasteiger partial charge in [-0.2, -0.15) is 0 Å².